The summed E-state index contributed by atoms with van der Waals surface area (Å²) in [6.45, 7) is 6.05. The van der Waals surface area contributed by atoms with Gasteiger partial charge in [-0.05, 0) is 98.2 Å². The van der Waals surface area contributed by atoms with Crippen molar-refractivity contribution in [3.63, 3.8) is 0 Å². The van der Waals surface area contributed by atoms with Crippen molar-refractivity contribution in [1.29, 1.82) is 0 Å². The number of H-pyrrole nitrogens is 1. The maximum absolute atomic E-state index is 13.2. The number of hydrogen-bond acceptors (Lipinski definition) is 3. The van der Waals surface area contributed by atoms with E-state index in [0.29, 0.717) is 17.6 Å². The molecule has 166 valence electrons. The summed E-state index contributed by atoms with van der Waals surface area (Å²) in [5.74, 6) is 5.60. The Morgan fingerprint density at radius 3 is 2.67 bits per heavy atom. The number of carbonyl (C=O) groups is 1. The van der Waals surface area contributed by atoms with Gasteiger partial charge in [-0.3, -0.25) is 4.79 Å². The Kier molecular flexibility index (Phi) is 5.36. The van der Waals surface area contributed by atoms with Gasteiger partial charge in [0.2, 0.25) is 0 Å². The van der Waals surface area contributed by atoms with Crippen LogP contribution in [0.4, 0.5) is 0 Å². The van der Waals surface area contributed by atoms with Crippen molar-refractivity contribution in [3.8, 4) is 0 Å². The van der Waals surface area contributed by atoms with Gasteiger partial charge in [0.25, 0.3) is 0 Å². The zero-order chi connectivity index (χ0) is 20.9. The number of Topliss-reactive ketones (excluding diaryl/α,β-unsaturated/α-hetero) is 1. The molecule has 1 aromatic rings. The van der Waals surface area contributed by atoms with E-state index in [1.165, 1.54) is 51.4 Å². The van der Waals surface area contributed by atoms with Gasteiger partial charge in [-0.25, -0.2) is 4.98 Å². The number of aromatic amines is 1. The molecule has 4 aliphatic rings. The van der Waals surface area contributed by atoms with E-state index in [0.717, 1.165) is 48.4 Å². The van der Waals surface area contributed by atoms with Gasteiger partial charge in [0.05, 0.1) is 6.42 Å². The fraction of sp³-hybridized carbons (Fsp3) is 0.846. The summed E-state index contributed by atoms with van der Waals surface area (Å²) >= 11 is 0. The smallest absolute Gasteiger partial charge is 0.144 e. The number of methoxy groups -OCH3 is 1. The molecule has 1 heterocycles. The molecular weight excluding hydrogens is 372 g/mol. The van der Waals surface area contributed by atoms with E-state index < -0.39 is 0 Å². The average Bonchev–Trinajstić information content (AvgIpc) is 3.35. The summed E-state index contributed by atoms with van der Waals surface area (Å²) in [5, 5.41) is 0. The lowest BCUT2D eigenvalue weighted by molar-refractivity contribution is -0.137. The van der Waals surface area contributed by atoms with Crippen molar-refractivity contribution in [3.05, 3.63) is 18.2 Å². The SMILES string of the molecule is COC[C@H]1CC[C@@]2(C)[C@@H](CC[C@H]3[C@H]4CC[C@H](C(=O)Cc5ncc[nH]5)[C@@]4(C)CC[C@@H]32)C1. The van der Waals surface area contributed by atoms with Crippen molar-refractivity contribution in [2.75, 3.05) is 13.7 Å². The number of fused-ring (bicyclic) bond motifs is 5. The van der Waals surface area contributed by atoms with Gasteiger partial charge in [0.15, 0.2) is 0 Å². The molecule has 1 aromatic heterocycles. The predicted octanol–water partition coefficient (Wildman–Crippen LogP) is 5.44. The number of nitrogens with zero attached hydrogens (tertiary/aromatic N) is 1. The zero-order valence-electron chi connectivity index (χ0n) is 19.2. The standard InChI is InChI=1S/C26H40N2O2/c1-25-10-8-17(16-30-3)14-18(25)4-5-19-20-6-7-22(26(20,2)11-9-21(19)25)23(29)15-24-27-12-13-28-24/h12-13,17-22H,4-11,14-16H2,1-3H3,(H,27,28)/t17-,18-,19-,20+,21-,22+,25-,26-/m0/s1. The fourth-order valence-corrected chi connectivity index (χ4v) is 8.95. The van der Waals surface area contributed by atoms with Crippen molar-refractivity contribution in [2.45, 2.75) is 78.1 Å². The van der Waals surface area contributed by atoms with Gasteiger partial charge in [-0.1, -0.05) is 13.8 Å². The number of ketones is 1. The molecule has 4 saturated carbocycles. The molecule has 1 N–H and O–H groups in total. The lowest BCUT2D eigenvalue weighted by atomic mass is 9.44. The lowest BCUT2D eigenvalue weighted by Crippen LogP contribution is -2.54. The predicted molar refractivity (Wildman–Crippen MR) is 118 cm³/mol. The van der Waals surface area contributed by atoms with E-state index in [4.69, 9.17) is 4.74 Å². The molecule has 0 radical (unpaired) electrons. The molecule has 4 nitrogen and oxygen atoms in total. The Labute approximate surface area is 182 Å². The highest BCUT2D eigenvalue weighted by Gasteiger charge is 2.61. The number of carbonyl (C=O) groups excluding carboxylic acids is 1. The summed E-state index contributed by atoms with van der Waals surface area (Å²) < 4.78 is 5.50. The molecule has 8 atom stereocenters. The minimum atomic E-state index is 0.210. The van der Waals surface area contributed by atoms with E-state index in [9.17, 15) is 4.79 Å². The van der Waals surface area contributed by atoms with Crippen LogP contribution in [0.3, 0.4) is 0 Å². The maximum Gasteiger partial charge on any atom is 0.144 e. The Morgan fingerprint density at radius 2 is 1.90 bits per heavy atom. The summed E-state index contributed by atoms with van der Waals surface area (Å²) in [7, 11) is 1.86. The minimum absolute atomic E-state index is 0.210. The third-order valence-corrected chi connectivity index (χ3v) is 10.5. The molecule has 0 amide bonds. The molecule has 0 unspecified atom stereocenters. The Hall–Kier alpha value is -1.16. The number of rotatable bonds is 5. The van der Waals surface area contributed by atoms with Gasteiger partial charge in [0.1, 0.15) is 11.6 Å². The second-order valence-electron chi connectivity index (χ2n) is 11.6. The molecule has 30 heavy (non-hydrogen) atoms. The van der Waals surface area contributed by atoms with Crippen LogP contribution in [0.15, 0.2) is 12.4 Å². The Bertz CT molecular complexity index is 761. The first-order valence-electron chi connectivity index (χ1n) is 12.5. The van der Waals surface area contributed by atoms with Gasteiger partial charge >= 0.3 is 0 Å². The van der Waals surface area contributed by atoms with Gasteiger partial charge in [-0.15, -0.1) is 0 Å². The summed E-state index contributed by atoms with van der Waals surface area (Å²) in [6, 6.07) is 0. The highest BCUT2D eigenvalue weighted by Crippen LogP contribution is 2.67. The van der Waals surface area contributed by atoms with Crippen LogP contribution in [0.2, 0.25) is 0 Å². The summed E-state index contributed by atoms with van der Waals surface area (Å²) in [6.07, 6.45) is 15.9. The second kappa shape index (κ2) is 7.76. The molecule has 4 heteroatoms. The first-order chi connectivity index (χ1) is 14.5. The lowest BCUT2D eigenvalue weighted by Gasteiger charge is -2.61. The van der Waals surface area contributed by atoms with Crippen molar-refractivity contribution < 1.29 is 9.53 Å². The summed E-state index contributed by atoms with van der Waals surface area (Å²) in [5.41, 5.74) is 0.728. The van der Waals surface area contributed by atoms with Crippen LogP contribution in [0.1, 0.15) is 77.5 Å². The van der Waals surface area contributed by atoms with Crippen LogP contribution in [0.5, 0.6) is 0 Å². The largest absolute Gasteiger partial charge is 0.384 e. The molecule has 0 saturated heterocycles. The average molecular weight is 413 g/mol. The molecular formula is C26H40N2O2. The molecule has 0 aliphatic heterocycles. The normalized spacial score (nSPS) is 45.4. The third-order valence-electron chi connectivity index (χ3n) is 10.5. The first kappa shape index (κ1) is 20.7. The van der Waals surface area contributed by atoms with Crippen LogP contribution in [-0.2, 0) is 16.0 Å². The van der Waals surface area contributed by atoms with Gasteiger partial charge < -0.3 is 9.72 Å². The molecule has 4 fully saturated rings. The number of aromatic nitrogens is 2. The van der Waals surface area contributed by atoms with E-state index in [2.05, 4.69) is 23.8 Å². The van der Waals surface area contributed by atoms with Crippen LogP contribution in [-0.4, -0.2) is 29.5 Å². The quantitative estimate of drug-likeness (QED) is 0.700. The molecule has 4 aliphatic carbocycles. The second-order valence-corrected chi connectivity index (χ2v) is 11.6. The number of nitrogens with one attached hydrogen (secondary N) is 1. The van der Waals surface area contributed by atoms with E-state index in [1.54, 1.807) is 6.20 Å². The summed E-state index contributed by atoms with van der Waals surface area (Å²) in [4.78, 5) is 20.7. The van der Waals surface area contributed by atoms with E-state index in [1.807, 2.05) is 13.3 Å². The van der Waals surface area contributed by atoms with Crippen LogP contribution in [0, 0.1) is 46.3 Å². The first-order valence-corrected chi connectivity index (χ1v) is 12.5. The van der Waals surface area contributed by atoms with Crippen LogP contribution in [0.25, 0.3) is 0 Å². The van der Waals surface area contributed by atoms with Crippen molar-refractivity contribution in [2.24, 2.45) is 46.3 Å². The Morgan fingerprint density at radius 1 is 1.10 bits per heavy atom. The number of hydrogen-bond donors (Lipinski definition) is 1. The van der Waals surface area contributed by atoms with E-state index in [-0.39, 0.29) is 11.3 Å². The van der Waals surface area contributed by atoms with Gasteiger partial charge in [-0.2, -0.15) is 0 Å². The topological polar surface area (TPSA) is 55.0 Å². The molecule has 0 aromatic carbocycles. The van der Waals surface area contributed by atoms with E-state index >= 15 is 0 Å². The Balaban J connectivity index is 1.32. The molecule has 0 bridgehead atoms. The van der Waals surface area contributed by atoms with Crippen molar-refractivity contribution in [1.82, 2.24) is 9.97 Å². The maximum atomic E-state index is 13.2. The number of ether oxygens (including phenoxy) is 1. The monoisotopic (exact) mass is 412 g/mol. The van der Waals surface area contributed by atoms with Crippen LogP contribution < -0.4 is 0 Å². The minimum Gasteiger partial charge on any atom is -0.384 e. The van der Waals surface area contributed by atoms with Gasteiger partial charge in [0, 0.05) is 32.0 Å². The number of imidazole rings is 1. The molecule has 5 rings (SSSR count). The molecule has 0 spiro atoms. The highest BCUT2D eigenvalue weighted by molar-refractivity contribution is 5.83. The third kappa shape index (κ3) is 3.20. The van der Waals surface area contributed by atoms with Crippen molar-refractivity contribution >= 4 is 5.78 Å². The van der Waals surface area contributed by atoms with Crippen LogP contribution >= 0.6 is 0 Å². The highest BCUT2D eigenvalue weighted by atomic mass is 16.5. The zero-order valence-corrected chi connectivity index (χ0v) is 19.2. The fourth-order valence-electron chi connectivity index (χ4n) is 8.95.